The average molecular weight is 543 g/mol. The lowest BCUT2D eigenvalue weighted by atomic mass is 9.97. The predicted molar refractivity (Wildman–Crippen MR) is 154 cm³/mol. The van der Waals surface area contributed by atoms with Crippen molar-refractivity contribution < 1.29 is 18.6 Å². The van der Waals surface area contributed by atoms with E-state index in [0.717, 1.165) is 16.3 Å². The number of ether oxygens (including phenoxy) is 3. The number of fused-ring (bicyclic) bond motifs is 1. The molecule has 202 valence electrons. The van der Waals surface area contributed by atoms with Crippen LogP contribution in [0.1, 0.15) is 31.9 Å². The van der Waals surface area contributed by atoms with E-state index in [-0.39, 0.29) is 34.8 Å². The third-order valence-electron chi connectivity index (χ3n) is 7.46. The molecule has 2 aliphatic rings. The largest absolute Gasteiger partial charge is 0.414 e. The highest BCUT2D eigenvalue weighted by Gasteiger charge is 2.52. The van der Waals surface area contributed by atoms with Crippen molar-refractivity contribution in [3.8, 4) is 0 Å². The number of rotatable bonds is 9. The fraction of sp³-hybridized carbons (Fsp3) is 0.552. The van der Waals surface area contributed by atoms with E-state index in [0.29, 0.717) is 19.8 Å². The maximum atomic E-state index is 6.70. The Kier molecular flexibility index (Phi) is 9.20. The molecule has 2 aromatic rings. The summed E-state index contributed by atoms with van der Waals surface area (Å²) in [6.07, 6.45) is -0.842. The molecule has 0 unspecified atom stereocenters. The molecule has 37 heavy (non-hydrogen) atoms. The van der Waals surface area contributed by atoms with Gasteiger partial charge in [0, 0.05) is 14.1 Å². The highest BCUT2D eigenvalue weighted by atomic mass is 32.2. The van der Waals surface area contributed by atoms with E-state index in [9.17, 15) is 0 Å². The summed E-state index contributed by atoms with van der Waals surface area (Å²) in [5, 5.41) is 1.06. The first-order valence-electron chi connectivity index (χ1n) is 13.1. The molecule has 0 radical (unpaired) electrons. The van der Waals surface area contributed by atoms with Crippen molar-refractivity contribution in [3.63, 3.8) is 0 Å². The van der Waals surface area contributed by atoms with Crippen LogP contribution in [0.25, 0.3) is 0 Å². The monoisotopic (exact) mass is 542 g/mol. The molecule has 0 bridgehead atoms. The molecule has 0 aromatic heterocycles. The first-order chi connectivity index (χ1) is 17.5. The number of aliphatic imine (C=N–C) groups is 1. The molecule has 4 rings (SSSR count). The molecular formula is C29H42N2O4SSi. The van der Waals surface area contributed by atoms with Crippen LogP contribution in [-0.4, -0.2) is 68.9 Å². The van der Waals surface area contributed by atoms with Gasteiger partial charge in [0.1, 0.15) is 29.8 Å². The van der Waals surface area contributed by atoms with Gasteiger partial charge in [-0.25, -0.2) is 0 Å². The van der Waals surface area contributed by atoms with E-state index in [1.165, 1.54) is 0 Å². The van der Waals surface area contributed by atoms with Crippen LogP contribution in [0, 0.1) is 0 Å². The van der Waals surface area contributed by atoms with E-state index in [1.807, 2.05) is 55.4 Å². The smallest absolute Gasteiger partial charge is 0.192 e. The summed E-state index contributed by atoms with van der Waals surface area (Å²) in [5.74, 6) is 0. The van der Waals surface area contributed by atoms with Crippen molar-refractivity contribution >= 4 is 25.2 Å². The van der Waals surface area contributed by atoms with Crippen LogP contribution in [-0.2, 0) is 31.9 Å². The van der Waals surface area contributed by atoms with E-state index in [1.54, 1.807) is 11.8 Å². The Morgan fingerprint density at radius 1 is 0.892 bits per heavy atom. The molecule has 0 N–H and O–H groups in total. The first kappa shape index (κ1) is 28.3. The van der Waals surface area contributed by atoms with Gasteiger partial charge in [0.15, 0.2) is 13.5 Å². The summed E-state index contributed by atoms with van der Waals surface area (Å²) in [7, 11) is 2.05. The lowest BCUT2D eigenvalue weighted by molar-refractivity contribution is -0.204. The Balaban J connectivity index is 1.61. The van der Waals surface area contributed by atoms with Gasteiger partial charge in [-0.15, -0.1) is 0 Å². The van der Waals surface area contributed by atoms with Crippen LogP contribution in [0.5, 0.6) is 0 Å². The zero-order valence-corrected chi connectivity index (χ0v) is 25.0. The van der Waals surface area contributed by atoms with Crippen LogP contribution in [0.4, 0.5) is 0 Å². The van der Waals surface area contributed by atoms with Crippen LogP contribution in [0.3, 0.4) is 0 Å². The fourth-order valence-corrected chi connectivity index (χ4v) is 6.34. The van der Waals surface area contributed by atoms with Gasteiger partial charge in [0.05, 0.1) is 19.8 Å². The fourth-order valence-electron chi connectivity index (χ4n) is 4.18. The van der Waals surface area contributed by atoms with Gasteiger partial charge in [0.2, 0.25) is 0 Å². The SMILES string of the molecule is CN(C)C1=N[C@@H]2[C@@H](OCc3ccccc3)[C@H](OCc3ccccc3)[C@@H](CO[Si](C)(C)C(C)(C)C)O[C@@H]2S1. The Morgan fingerprint density at radius 3 is 1.95 bits per heavy atom. The van der Waals surface area contributed by atoms with Gasteiger partial charge in [-0.2, -0.15) is 0 Å². The second-order valence-electron chi connectivity index (χ2n) is 11.6. The molecule has 0 aliphatic carbocycles. The minimum Gasteiger partial charge on any atom is -0.414 e. The van der Waals surface area contributed by atoms with Crippen molar-refractivity contribution in [2.75, 3.05) is 20.7 Å². The minimum absolute atomic E-state index is 0.108. The van der Waals surface area contributed by atoms with Crippen molar-refractivity contribution in [1.29, 1.82) is 0 Å². The number of thioether (sulfide) groups is 1. The Bertz CT molecular complexity index is 1030. The molecule has 8 heteroatoms. The van der Waals surface area contributed by atoms with Crippen LogP contribution < -0.4 is 0 Å². The lowest BCUT2D eigenvalue weighted by Crippen LogP contribution is -2.59. The first-order valence-corrected chi connectivity index (χ1v) is 16.9. The standard InChI is InChI=1S/C29H42N2O4SSi/c1-29(2,3)37(6,7)34-20-23-25(32-18-21-14-10-8-11-15-21)26(33-19-22-16-12-9-13-17-22)24-27(35-23)36-28(30-24)31(4)5/h8-17,23-27H,18-20H2,1-7H3/t23-,24-,25-,26-,27-/m1/s1. The van der Waals surface area contributed by atoms with Crippen LogP contribution >= 0.6 is 11.8 Å². The summed E-state index contributed by atoms with van der Waals surface area (Å²) in [4.78, 5) is 7.08. The van der Waals surface area contributed by atoms with E-state index in [4.69, 9.17) is 23.6 Å². The quantitative estimate of drug-likeness (QED) is 0.366. The Hall–Kier alpha value is -1.68. The van der Waals surface area contributed by atoms with Gasteiger partial charge < -0.3 is 23.5 Å². The summed E-state index contributed by atoms with van der Waals surface area (Å²) < 4.78 is 26.7. The van der Waals surface area contributed by atoms with Crippen LogP contribution in [0.2, 0.25) is 18.1 Å². The van der Waals surface area contributed by atoms with Gasteiger partial charge in [-0.1, -0.05) is 93.2 Å². The lowest BCUT2D eigenvalue weighted by Gasteiger charge is -2.44. The number of hydrogen-bond donors (Lipinski definition) is 0. The zero-order chi connectivity index (χ0) is 26.6. The summed E-state index contributed by atoms with van der Waals surface area (Å²) in [5.41, 5.74) is 2.11. The number of nitrogens with zero attached hydrogens (tertiary/aromatic N) is 2. The average Bonchev–Trinajstić information content (AvgIpc) is 3.30. The molecule has 2 heterocycles. The molecule has 0 spiro atoms. The van der Waals surface area contributed by atoms with E-state index >= 15 is 0 Å². The molecule has 0 amide bonds. The Morgan fingerprint density at radius 2 is 1.43 bits per heavy atom. The summed E-state index contributed by atoms with van der Waals surface area (Å²) >= 11 is 1.66. The van der Waals surface area contributed by atoms with Crippen molar-refractivity contribution in [2.45, 2.75) is 81.9 Å². The van der Waals surface area contributed by atoms with Gasteiger partial charge in [-0.05, 0) is 29.3 Å². The third-order valence-corrected chi connectivity index (χ3v) is 13.3. The predicted octanol–water partition coefficient (Wildman–Crippen LogP) is 5.94. The molecular weight excluding hydrogens is 500 g/mol. The maximum absolute atomic E-state index is 6.70. The molecule has 5 atom stereocenters. The van der Waals surface area contributed by atoms with Gasteiger partial charge in [-0.3, -0.25) is 4.99 Å². The van der Waals surface area contributed by atoms with Crippen molar-refractivity contribution in [2.24, 2.45) is 4.99 Å². The molecule has 0 saturated carbocycles. The van der Waals surface area contributed by atoms with Gasteiger partial charge in [0.25, 0.3) is 0 Å². The highest BCUT2D eigenvalue weighted by molar-refractivity contribution is 8.14. The molecule has 1 fully saturated rings. The Labute approximate surface area is 227 Å². The minimum atomic E-state index is -1.98. The number of amidine groups is 1. The molecule has 1 saturated heterocycles. The number of hydrogen-bond acceptors (Lipinski definition) is 7. The third kappa shape index (κ3) is 7.05. The number of benzene rings is 2. The van der Waals surface area contributed by atoms with Crippen LogP contribution in [0.15, 0.2) is 65.7 Å². The van der Waals surface area contributed by atoms with Crippen molar-refractivity contribution in [3.05, 3.63) is 71.8 Å². The normalized spacial score (nSPS) is 26.0. The zero-order valence-electron chi connectivity index (χ0n) is 23.2. The maximum Gasteiger partial charge on any atom is 0.192 e. The van der Waals surface area contributed by atoms with E-state index < -0.39 is 8.32 Å². The molecule has 6 nitrogen and oxygen atoms in total. The molecule has 2 aromatic carbocycles. The van der Waals surface area contributed by atoms with Crippen molar-refractivity contribution in [1.82, 2.24) is 4.90 Å². The summed E-state index contributed by atoms with van der Waals surface area (Å²) in [6.45, 7) is 12.8. The molecule has 2 aliphatic heterocycles. The highest BCUT2D eigenvalue weighted by Crippen LogP contribution is 2.41. The second-order valence-corrected chi connectivity index (χ2v) is 17.4. The summed E-state index contributed by atoms with van der Waals surface area (Å²) in [6, 6.07) is 20.4. The topological polar surface area (TPSA) is 52.5 Å². The van der Waals surface area contributed by atoms with Gasteiger partial charge >= 0.3 is 0 Å². The second kappa shape index (κ2) is 12.0. The van der Waals surface area contributed by atoms with E-state index in [2.05, 4.69) is 58.1 Å².